The van der Waals surface area contributed by atoms with Gasteiger partial charge in [0.1, 0.15) is 0 Å². The van der Waals surface area contributed by atoms with E-state index in [1.165, 1.54) is 0 Å². The molecule has 0 fully saturated rings. The molecule has 2 N–H and O–H groups in total. The van der Waals surface area contributed by atoms with Crippen LogP contribution >= 0.6 is 0 Å². The fourth-order valence-electron chi connectivity index (χ4n) is 1.34. The van der Waals surface area contributed by atoms with Crippen molar-refractivity contribution in [3.05, 3.63) is 65.7 Å². The molecule has 0 saturated heterocycles. The quantitative estimate of drug-likeness (QED) is 0.533. The van der Waals surface area contributed by atoms with E-state index in [0.29, 0.717) is 5.69 Å². The zero-order chi connectivity index (χ0) is 11.9. The predicted molar refractivity (Wildman–Crippen MR) is 71.1 cm³/mol. The van der Waals surface area contributed by atoms with Crippen molar-refractivity contribution < 1.29 is 0 Å². The number of nitrogens with two attached hydrogens (primary N) is 1. The molecule has 1 nitrogen and oxygen atoms in total. The molecule has 0 bridgehead atoms. The van der Waals surface area contributed by atoms with E-state index in [1.54, 1.807) is 0 Å². The zero-order valence-electron chi connectivity index (χ0n) is 9.27. The Morgan fingerprint density at radius 2 is 1.35 bits per heavy atom. The van der Waals surface area contributed by atoms with Crippen molar-refractivity contribution in [2.75, 3.05) is 5.73 Å². The van der Waals surface area contributed by atoms with Crippen molar-refractivity contribution in [2.24, 2.45) is 0 Å². The highest BCUT2D eigenvalue weighted by Gasteiger charge is 1.86. The third-order valence-corrected chi connectivity index (χ3v) is 2.14. The highest BCUT2D eigenvalue weighted by atomic mass is 14.5. The van der Waals surface area contributed by atoms with Gasteiger partial charge in [0.25, 0.3) is 0 Å². The topological polar surface area (TPSA) is 26.0 Å². The zero-order valence-corrected chi connectivity index (χ0v) is 9.27. The lowest BCUT2D eigenvalue weighted by atomic mass is 10.2. The second-order valence-electron chi connectivity index (χ2n) is 3.49. The molecular formula is C16H11N. The maximum absolute atomic E-state index is 5.65. The lowest BCUT2D eigenvalue weighted by Gasteiger charge is -1.91. The summed E-state index contributed by atoms with van der Waals surface area (Å²) >= 11 is 0. The summed E-state index contributed by atoms with van der Waals surface area (Å²) in [5, 5.41) is 0. The Labute approximate surface area is 101 Å². The molecule has 0 aliphatic carbocycles. The molecule has 0 aliphatic rings. The first-order chi connectivity index (χ1) is 8.34. The SMILES string of the molecule is Nc1cccc(C#CC#Cc2ccccc2)c1. The average molecular weight is 217 g/mol. The molecule has 2 rings (SSSR count). The largest absolute Gasteiger partial charge is 0.399 e. The predicted octanol–water partition coefficient (Wildman–Crippen LogP) is 2.67. The highest BCUT2D eigenvalue weighted by Crippen LogP contribution is 2.04. The molecule has 0 atom stereocenters. The lowest BCUT2D eigenvalue weighted by molar-refractivity contribution is 1.63. The van der Waals surface area contributed by atoms with Crippen molar-refractivity contribution in [3.8, 4) is 23.7 Å². The second kappa shape index (κ2) is 5.45. The fourth-order valence-corrected chi connectivity index (χ4v) is 1.34. The third kappa shape index (κ3) is 3.45. The van der Waals surface area contributed by atoms with E-state index in [1.807, 2.05) is 54.6 Å². The van der Waals surface area contributed by atoms with E-state index >= 15 is 0 Å². The monoisotopic (exact) mass is 217 g/mol. The molecule has 2 aromatic carbocycles. The number of nitrogen functional groups attached to an aromatic ring is 1. The average Bonchev–Trinajstić information content (AvgIpc) is 2.36. The molecule has 0 aromatic heterocycles. The van der Waals surface area contributed by atoms with Crippen LogP contribution in [0.2, 0.25) is 0 Å². The third-order valence-electron chi connectivity index (χ3n) is 2.14. The maximum atomic E-state index is 5.65. The van der Waals surface area contributed by atoms with Crippen molar-refractivity contribution in [2.45, 2.75) is 0 Å². The molecule has 17 heavy (non-hydrogen) atoms. The summed E-state index contributed by atoms with van der Waals surface area (Å²) < 4.78 is 0. The Morgan fingerprint density at radius 3 is 2.06 bits per heavy atom. The standard InChI is InChI=1S/C16H11N/c17-16-12-6-11-15(13-16)10-5-4-9-14-7-2-1-3-8-14/h1-3,6-8,11-13H,17H2. The first-order valence-electron chi connectivity index (χ1n) is 5.27. The number of hydrogen-bond acceptors (Lipinski definition) is 1. The summed E-state index contributed by atoms with van der Waals surface area (Å²) in [7, 11) is 0. The minimum atomic E-state index is 0.716. The second-order valence-corrected chi connectivity index (χ2v) is 3.49. The molecule has 0 heterocycles. The van der Waals surface area contributed by atoms with Crippen LogP contribution in [0.4, 0.5) is 5.69 Å². The smallest absolute Gasteiger partial charge is 0.0326 e. The van der Waals surface area contributed by atoms with Gasteiger partial charge in [0.15, 0.2) is 0 Å². The molecule has 0 unspecified atom stereocenters. The molecule has 0 amide bonds. The van der Waals surface area contributed by atoms with E-state index in [-0.39, 0.29) is 0 Å². The van der Waals surface area contributed by atoms with Crippen molar-refractivity contribution in [1.82, 2.24) is 0 Å². The molecule has 0 radical (unpaired) electrons. The summed E-state index contributed by atoms with van der Waals surface area (Å²) in [5.74, 6) is 11.6. The van der Waals surface area contributed by atoms with Gasteiger partial charge < -0.3 is 5.73 Å². The summed E-state index contributed by atoms with van der Waals surface area (Å²) in [6.45, 7) is 0. The van der Waals surface area contributed by atoms with Gasteiger partial charge in [-0.15, -0.1) is 0 Å². The highest BCUT2D eigenvalue weighted by molar-refractivity contribution is 5.49. The Hall–Kier alpha value is -2.64. The molecule has 1 heteroatoms. The van der Waals surface area contributed by atoms with E-state index in [9.17, 15) is 0 Å². The van der Waals surface area contributed by atoms with Crippen LogP contribution in [-0.2, 0) is 0 Å². The van der Waals surface area contributed by atoms with Gasteiger partial charge in [-0.3, -0.25) is 0 Å². The van der Waals surface area contributed by atoms with Crippen LogP contribution in [0.3, 0.4) is 0 Å². The van der Waals surface area contributed by atoms with Crippen LogP contribution in [0.15, 0.2) is 54.6 Å². The van der Waals surface area contributed by atoms with Crippen LogP contribution in [0.1, 0.15) is 11.1 Å². The number of anilines is 1. The summed E-state index contributed by atoms with van der Waals surface area (Å²) in [6, 6.07) is 17.2. The Kier molecular flexibility index (Phi) is 3.48. The van der Waals surface area contributed by atoms with E-state index in [0.717, 1.165) is 11.1 Å². The van der Waals surface area contributed by atoms with Crippen LogP contribution in [0.25, 0.3) is 0 Å². The molecule has 80 valence electrons. The Bertz CT molecular complexity index is 619. The van der Waals surface area contributed by atoms with Crippen molar-refractivity contribution in [1.29, 1.82) is 0 Å². The van der Waals surface area contributed by atoms with Crippen molar-refractivity contribution in [3.63, 3.8) is 0 Å². The number of hydrogen-bond donors (Lipinski definition) is 1. The molecular weight excluding hydrogens is 206 g/mol. The van der Waals surface area contributed by atoms with Crippen LogP contribution in [-0.4, -0.2) is 0 Å². The van der Waals surface area contributed by atoms with Gasteiger partial charge >= 0.3 is 0 Å². The summed E-state index contributed by atoms with van der Waals surface area (Å²) in [4.78, 5) is 0. The van der Waals surface area contributed by atoms with Crippen LogP contribution < -0.4 is 5.73 Å². The Balaban J connectivity index is 2.12. The molecule has 2 aromatic rings. The van der Waals surface area contributed by atoms with Gasteiger partial charge in [-0.1, -0.05) is 36.1 Å². The fraction of sp³-hybridized carbons (Fsp3) is 0. The number of benzene rings is 2. The summed E-state index contributed by atoms with van der Waals surface area (Å²) in [6.07, 6.45) is 0. The number of rotatable bonds is 0. The van der Waals surface area contributed by atoms with Gasteiger partial charge in [0.2, 0.25) is 0 Å². The molecule has 0 saturated carbocycles. The van der Waals surface area contributed by atoms with Gasteiger partial charge in [0, 0.05) is 16.8 Å². The van der Waals surface area contributed by atoms with Crippen LogP contribution in [0.5, 0.6) is 0 Å². The Morgan fingerprint density at radius 1 is 0.706 bits per heavy atom. The lowest BCUT2D eigenvalue weighted by Crippen LogP contribution is -1.83. The van der Waals surface area contributed by atoms with Gasteiger partial charge in [-0.25, -0.2) is 0 Å². The first kappa shape index (κ1) is 10.9. The van der Waals surface area contributed by atoms with Gasteiger partial charge in [-0.05, 0) is 42.2 Å². The maximum Gasteiger partial charge on any atom is 0.0326 e. The van der Waals surface area contributed by atoms with E-state index in [2.05, 4.69) is 23.7 Å². The van der Waals surface area contributed by atoms with Gasteiger partial charge in [0.05, 0.1) is 0 Å². The molecule has 0 spiro atoms. The van der Waals surface area contributed by atoms with E-state index in [4.69, 9.17) is 5.73 Å². The summed E-state index contributed by atoms with van der Waals surface area (Å²) in [5.41, 5.74) is 8.21. The van der Waals surface area contributed by atoms with Gasteiger partial charge in [-0.2, -0.15) is 0 Å². The minimum Gasteiger partial charge on any atom is -0.399 e. The molecule has 0 aliphatic heterocycles. The van der Waals surface area contributed by atoms with Crippen LogP contribution in [0, 0.1) is 23.7 Å². The van der Waals surface area contributed by atoms with Crippen molar-refractivity contribution >= 4 is 5.69 Å². The minimum absolute atomic E-state index is 0.716. The normalized spacial score (nSPS) is 8.47. The van der Waals surface area contributed by atoms with E-state index < -0.39 is 0 Å². The first-order valence-corrected chi connectivity index (χ1v) is 5.27.